The van der Waals surface area contributed by atoms with Crippen LogP contribution in [-0.2, 0) is 7.05 Å². The van der Waals surface area contributed by atoms with Gasteiger partial charge in [0.15, 0.2) is 0 Å². The summed E-state index contributed by atoms with van der Waals surface area (Å²) in [4.78, 5) is 0. The van der Waals surface area contributed by atoms with Crippen LogP contribution in [0.5, 0.6) is 0 Å². The second kappa shape index (κ2) is 2.67. The molecule has 0 saturated heterocycles. The van der Waals surface area contributed by atoms with Crippen LogP contribution in [0.2, 0.25) is 5.02 Å². The molecular formula is C10H11ClN2. The summed E-state index contributed by atoms with van der Waals surface area (Å²) in [5.41, 5.74) is 8.63. The topological polar surface area (TPSA) is 30.9 Å². The zero-order chi connectivity index (χ0) is 9.59. The summed E-state index contributed by atoms with van der Waals surface area (Å²) in [5, 5.41) is 1.83. The maximum absolute atomic E-state index is 6.14. The van der Waals surface area contributed by atoms with Gasteiger partial charge in [-0.05, 0) is 25.1 Å². The first kappa shape index (κ1) is 8.45. The Hall–Kier alpha value is -1.15. The second-order valence-corrected chi connectivity index (χ2v) is 3.61. The first-order valence-electron chi connectivity index (χ1n) is 4.11. The maximum atomic E-state index is 6.14. The maximum Gasteiger partial charge on any atom is 0.0691 e. The van der Waals surface area contributed by atoms with Crippen LogP contribution in [0.1, 0.15) is 5.69 Å². The normalized spacial score (nSPS) is 11.0. The fourth-order valence-corrected chi connectivity index (χ4v) is 1.82. The Balaban J connectivity index is 2.95. The third-order valence-electron chi connectivity index (χ3n) is 2.44. The summed E-state index contributed by atoms with van der Waals surface area (Å²) < 4.78 is 2.07. The monoisotopic (exact) mass is 194 g/mol. The Morgan fingerprint density at radius 3 is 2.77 bits per heavy atom. The molecule has 1 aromatic heterocycles. The van der Waals surface area contributed by atoms with Crippen molar-refractivity contribution in [1.82, 2.24) is 4.57 Å². The van der Waals surface area contributed by atoms with Crippen molar-refractivity contribution >= 4 is 28.2 Å². The molecule has 0 spiro atoms. The highest BCUT2D eigenvalue weighted by Crippen LogP contribution is 2.30. The molecule has 1 aromatic carbocycles. The molecule has 0 saturated carbocycles. The Bertz CT molecular complexity index is 471. The molecule has 2 aromatic rings. The highest BCUT2D eigenvalue weighted by molar-refractivity contribution is 6.36. The molecule has 0 bridgehead atoms. The van der Waals surface area contributed by atoms with E-state index in [9.17, 15) is 0 Å². The van der Waals surface area contributed by atoms with Crippen LogP contribution in [0.3, 0.4) is 0 Å². The molecule has 0 unspecified atom stereocenters. The van der Waals surface area contributed by atoms with Gasteiger partial charge in [-0.25, -0.2) is 0 Å². The first-order chi connectivity index (χ1) is 6.11. The summed E-state index contributed by atoms with van der Waals surface area (Å²) in [6.07, 6.45) is 0. The van der Waals surface area contributed by atoms with Crippen molar-refractivity contribution in [2.45, 2.75) is 6.92 Å². The number of aromatic nitrogens is 1. The van der Waals surface area contributed by atoms with Crippen molar-refractivity contribution in [3.63, 3.8) is 0 Å². The van der Waals surface area contributed by atoms with Gasteiger partial charge in [0.1, 0.15) is 0 Å². The average Bonchev–Trinajstić information content (AvgIpc) is 2.32. The number of hydrogen-bond donors (Lipinski definition) is 1. The summed E-state index contributed by atoms with van der Waals surface area (Å²) in [5.74, 6) is 0. The van der Waals surface area contributed by atoms with Crippen molar-refractivity contribution < 1.29 is 0 Å². The predicted octanol–water partition coefficient (Wildman–Crippen LogP) is 2.72. The minimum absolute atomic E-state index is 0.750. The summed E-state index contributed by atoms with van der Waals surface area (Å²) in [6, 6.07) is 5.78. The van der Waals surface area contributed by atoms with Gasteiger partial charge in [-0.15, -0.1) is 0 Å². The van der Waals surface area contributed by atoms with Crippen LogP contribution in [0.15, 0.2) is 18.2 Å². The van der Waals surface area contributed by atoms with E-state index >= 15 is 0 Å². The van der Waals surface area contributed by atoms with Gasteiger partial charge >= 0.3 is 0 Å². The van der Waals surface area contributed by atoms with Gasteiger partial charge in [-0.3, -0.25) is 0 Å². The van der Waals surface area contributed by atoms with E-state index < -0.39 is 0 Å². The number of rotatable bonds is 0. The molecule has 0 aliphatic rings. The fraction of sp³-hybridized carbons (Fsp3) is 0.200. The van der Waals surface area contributed by atoms with Gasteiger partial charge in [0.25, 0.3) is 0 Å². The highest BCUT2D eigenvalue weighted by Gasteiger charge is 2.08. The third-order valence-corrected chi connectivity index (χ3v) is 2.92. The van der Waals surface area contributed by atoms with Gasteiger partial charge in [-0.1, -0.05) is 11.6 Å². The molecule has 0 fully saturated rings. The van der Waals surface area contributed by atoms with E-state index in [0.29, 0.717) is 0 Å². The quantitative estimate of drug-likeness (QED) is 0.643. The Kier molecular flexibility index (Phi) is 1.74. The number of hydrogen-bond acceptors (Lipinski definition) is 1. The van der Waals surface area contributed by atoms with E-state index in [-0.39, 0.29) is 0 Å². The summed E-state index contributed by atoms with van der Waals surface area (Å²) >= 11 is 6.14. The fourth-order valence-electron chi connectivity index (χ4n) is 1.54. The Morgan fingerprint density at radius 2 is 2.08 bits per heavy atom. The molecule has 0 radical (unpaired) electrons. The van der Waals surface area contributed by atoms with Gasteiger partial charge in [-0.2, -0.15) is 0 Å². The number of benzene rings is 1. The van der Waals surface area contributed by atoms with Crippen LogP contribution in [0.25, 0.3) is 10.9 Å². The predicted molar refractivity (Wildman–Crippen MR) is 57.1 cm³/mol. The van der Waals surface area contributed by atoms with E-state index in [1.807, 2.05) is 32.2 Å². The van der Waals surface area contributed by atoms with Crippen LogP contribution < -0.4 is 5.73 Å². The van der Waals surface area contributed by atoms with Crippen molar-refractivity contribution in [3.8, 4) is 0 Å². The standard InChI is InChI=1S/C10H11ClN2/c1-6-10(11)8-5-7(12)3-4-9(8)13(6)2/h3-5H,12H2,1-2H3. The molecule has 2 rings (SSSR count). The van der Waals surface area contributed by atoms with Crippen LogP contribution in [-0.4, -0.2) is 4.57 Å². The minimum atomic E-state index is 0.750. The molecule has 0 aliphatic carbocycles. The van der Waals surface area contributed by atoms with E-state index in [1.54, 1.807) is 0 Å². The van der Waals surface area contributed by atoms with Gasteiger partial charge in [0.2, 0.25) is 0 Å². The van der Waals surface area contributed by atoms with E-state index in [4.69, 9.17) is 17.3 Å². The van der Waals surface area contributed by atoms with Gasteiger partial charge < -0.3 is 10.3 Å². The molecular weight excluding hydrogens is 184 g/mol. The summed E-state index contributed by atoms with van der Waals surface area (Å²) in [6.45, 7) is 2.00. The third kappa shape index (κ3) is 1.10. The zero-order valence-corrected chi connectivity index (χ0v) is 8.39. The molecule has 68 valence electrons. The van der Waals surface area contributed by atoms with E-state index in [2.05, 4.69) is 4.57 Å². The lowest BCUT2D eigenvalue weighted by molar-refractivity contribution is 0.918. The highest BCUT2D eigenvalue weighted by atomic mass is 35.5. The number of nitrogen functional groups attached to an aromatic ring is 1. The Morgan fingerprint density at radius 1 is 1.38 bits per heavy atom. The number of nitrogens with zero attached hydrogens (tertiary/aromatic N) is 1. The van der Waals surface area contributed by atoms with Crippen molar-refractivity contribution in [3.05, 3.63) is 28.9 Å². The number of halogens is 1. The molecule has 0 aliphatic heterocycles. The van der Waals surface area contributed by atoms with Crippen LogP contribution in [0, 0.1) is 6.92 Å². The van der Waals surface area contributed by atoms with Crippen molar-refractivity contribution in [2.24, 2.45) is 7.05 Å². The van der Waals surface area contributed by atoms with Gasteiger partial charge in [0, 0.05) is 29.3 Å². The lowest BCUT2D eigenvalue weighted by Crippen LogP contribution is -1.89. The number of nitrogens with two attached hydrogens (primary N) is 1. The van der Waals surface area contributed by atoms with Crippen LogP contribution >= 0.6 is 11.6 Å². The van der Waals surface area contributed by atoms with E-state index in [1.165, 1.54) is 0 Å². The van der Waals surface area contributed by atoms with Crippen molar-refractivity contribution in [1.29, 1.82) is 0 Å². The number of fused-ring (bicyclic) bond motifs is 1. The summed E-state index contributed by atoms with van der Waals surface area (Å²) in [7, 11) is 2.00. The number of anilines is 1. The Labute approximate surface area is 81.9 Å². The lowest BCUT2D eigenvalue weighted by atomic mass is 10.2. The lowest BCUT2D eigenvalue weighted by Gasteiger charge is -1.97. The molecule has 0 atom stereocenters. The number of aryl methyl sites for hydroxylation is 1. The smallest absolute Gasteiger partial charge is 0.0691 e. The minimum Gasteiger partial charge on any atom is -0.399 e. The zero-order valence-electron chi connectivity index (χ0n) is 7.63. The van der Waals surface area contributed by atoms with Gasteiger partial charge in [0.05, 0.1) is 5.02 Å². The molecule has 2 N–H and O–H groups in total. The average molecular weight is 195 g/mol. The first-order valence-corrected chi connectivity index (χ1v) is 4.49. The second-order valence-electron chi connectivity index (χ2n) is 3.23. The molecule has 3 heteroatoms. The molecule has 13 heavy (non-hydrogen) atoms. The SMILES string of the molecule is Cc1c(Cl)c2cc(N)ccc2n1C. The van der Waals surface area contributed by atoms with Crippen molar-refractivity contribution in [2.75, 3.05) is 5.73 Å². The molecule has 2 nitrogen and oxygen atoms in total. The molecule has 0 amide bonds. The molecule has 1 heterocycles. The van der Waals surface area contributed by atoms with Crippen LogP contribution in [0.4, 0.5) is 5.69 Å². The largest absolute Gasteiger partial charge is 0.399 e. The van der Waals surface area contributed by atoms with E-state index in [0.717, 1.165) is 27.3 Å².